The third-order valence-corrected chi connectivity index (χ3v) is 4.70. The molecule has 0 fully saturated rings. The third kappa shape index (κ3) is 4.06. The van der Waals surface area contributed by atoms with Crippen LogP contribution in [0.5, 0.6) is 0 Å². The van der Waals surface area contributed by atoms with Crippen molar-refractivity contribution in [3.63, 3.8) is 0 Å². The Morgan fingerprint density at radius 1 is 1.12 bits per heavy atom. The van der Waals surface area contributed by atoms with Gasteiger partial charge in [0.25, 0.3) is 0 Å². The van der Waals surface area contributed by atoms with Gasteiger partial charge < -0.3 is 11.1 Å². The summed E-state index contributed by atoms with van der Waals surface area (Å²) in [6.45, 7) is 2.65. The van der Waals surface area contributed by atoms with Crippen molar-refractivity contribution in [3.05, 3.63) is 71.3 Å². The maximum absolute atomic E-state index is 12.5. The van der Waals surface area contributed by atoms with Gasteiger partial charge in [0.2, 0.25) is 11.8 Å². The minimum absolute atomic E-state index is 0.0854. The molecule has 0 unspecified atom stereocenters. The van der Waals surface area contributed by atoms with Gasteiger partial charge in [-0.1, -0.05) is 54.6 Å². The number of nitrogens with zero attached hydrogens (tertiary/aromatic N) is 1. The smallest absolute Gasteiger partial charge is 0.235 e. The number of fused-ring (bicyclic) bond motifs is 1. The van der Waals surface area contributed by atoms with Gasteiger partial charge in [-0.15, -0.1) is 0 Å². The standard InChI is InChI=1S/C20H23N3O2/c1-14(15-7-3-2-4-8-15)22-19(24)13-23-12-17-10-6-5-9-16(17)11-18(23)20(21)25/h2-10,14,18H,11-13H2,1H3,(H2,21,25)(H,22,24)/t14-,18-/m1/s1. The summed E-state index contributed by atoms with van der Waals surface area (Å²) in [5.74, 6) is -0.500. The molecule has 2 amide bonds. The van der Waals surface area contributed by atoms with Gasteiger partial charge in [-0.25, -0.2) is 0 Å². The van der Waals surface area contributed by atoms with E-state index in [1.807, 2.05) is 66.4 Å². The van der Waals surface area contributed by atoms with Crippen molar-refractivity contribution in [2.45, 2.75) is 32.0 Å². The lowest BCUT2D eigenvalue weighted by Gasteiger charge is -2.34. The van der Waals surface area contributed by atoms with Crippen LogP contribution >= 0.6 is 0 Å². The zero-order valence-electron chi connectivity index (χ0n) is 14.3. The van der Waals surface area contributed by atoms with Crippen LogP contribution in [-0.2, 0) is 22.6 Å². The van der Waals surface area contributed by atoms with Gasteiger partial charge in [0.05, 0.1) is 18.6 Å². The van der Waals surface area contributed by atoms with Crippen molar-refractivity contribution in [2.24, 2.45) is 5.73 Å². The van der Waals surface area contributed by atoms with Gasteiger partial charge in [-0.2, -0.15) is 0 Å². The summed E-state index contributed by atoms with van der Waals surface area (Å²) < 4.78 is 0. The van der Waals surface area contributed by atoms with Crippen molar-refractivity contribution >= 4 is 11.8 Å². The van der Waals surface area contributed by atoms with Crippen LogP contribution in [0.15, 0.2) is 54.6 Å². The second-order valence-corrected chi connectivity index (χ2v) is 6.50. The first-order valence-corrected chi connectivity index (χ1v) is 8.49. The van der Waals surface area contributed by atoms with Crippen molar-refractivity contribution in [1.29, 1.82) is 0 Å². The fraction of sp³-hybridized carbons (Fsp3) is 0.300. The number of nitrogens with two attached hydrogens (primary N) is 1. The van der Waals surface area contributed by atoms with Crippen LogP contribution in [0.2, 0.25) is 0 Å². The maximum atomic E-state index is 12.5. The molecule has 3 rings (SSSR count). The summed E-state index contributed by atoms with van der Waals surface area (Å²) in [5.41, 5.74) is 8.89. The highest BCUT2D eigenvalue weighted by Gasteiger charge is 2.31. The lowest BCUT2D eigenvalue weighted by Crippen LogP contribution is -2.51. The SMILES string of the molecule is C[C@@H](NC(=O)CN1Cc2ccccc2C[C@@H]1C(N)=O)c1ccccc1. The Hall–Kier alpha value is -2.66. The molecule has 2 aromatic rings. The van der Waals surface area contributed by atoms with Crippen LogP contribution in [0.4, 0.5) is 0 Å². The minimum atomic E-state index is -0.451. The average molecular weight is 337 g/mol. The van der Waals surface area contributed by atoms with E-state index in [9.17, 15) is 9.59 Å². The Bertz CT molecular complexity index is 761. The normalized spacial score (nSPS) is 18.2. The molecular weight excluding hydrogens is 314 g/mol. The van der Waals surface area contributed by atoms with E-state index in [0.29, 0.717) is 13.0 Å². The molecule has 2 atom stereocenters. The first kappa shape index (κ1) is 17.2. The van der Waals surface area contributed by atoms with E-state index in [1.54, 1.807) is 0 Å². The highest BCUT2D eigenvalue weighted by Crippen LogP contribution is 2.23. The van der Waals surface area contributed by atoms with Gasteiger partial charge >= 0.3 is 0 Å². The van der Waals surface area contributed by atoms with E-state index in [2.05, 4.69) is 5.32 Å². The molecule has 25 heavy (non-hydrogen) atoms. The van der Waals surface area contributed by atoms with E-state index < -0.39 is 11.9 Å². The van der Waals surface area contributed by atoms with Crippen LogP contribution < -0.4 is 11.1 Å². The molecule has 2 aromatic carbocycles. The number of nitrogens with one attached hydrogen (secondary N) is 1. The molecule has 130 valence electrons. The molecule has 1 aliphatic heterocycles. The monoisotopic (exact) mass is 337 g/mol. The number of hydrogen-bond acceptors (Lipinski definition) is 3. The largest absolute Gasteiger partial charge is 0.368 e. The molecule has 0 bridgehead atoms. The molecule has 0 aromatic heterocycles. The minimum Gasteiger partial charge on any atom is -0.368 e. The molecule has 0 aliphatic carbocycles. The Labute approximate surface area is 147 Å². The van der Waals surface area contributed by atoms with E-state index in [4.69, 9.17) is 5.73 Å². The topological polar surface area (TPSA) is 75.4 Å². The molecule has 1 aliphatic rings. The third-order valence-electron chi connectivity index (χ3n) is 4.70. The van der Waals surface area contributed by atoms with Crippen LogP contribution in [0.3, 0.4) is 0 Å². The van der Waals surface area contributed by atoms with Gasteiger partial charge in [0, 0.05) is 6.54 Å². The average Bonchev–Trinajstić information content (AvgIpc) is 2.61. The van der Waals surface area contributed by atoms with Gasteiger partial charge in [-0.05, 0) is 30.0 Å². The number of carbonyl (C=O) groups is 2. The summed E-state index contributed by atoms with van der Waals surface area (Å²) in [4.78, 5) is 26.2. The number of primary amides is 1. The van der Waals surface area contributed by atoms with Crippen LogP contribution in [-0.4, -0.2) is 29.3 Å². The molecular formula is C20H23N3O2. The van der Waals surface area contributed by atoms with E-state index in [1.165, 1.54) is 0 Å². The maximum Gasteiger partial charge on any atom is 0.235 e. The van der Waals surface area contributed by atoms with Crippen molar-refractivity contribution in [2.75, 3.05) is 6.54 Å². The first-order valence-electron chi connectivity index (χ1n) is 8.49. The predicted molar refractivity (Wildman–Crippen MR) is 96.5 cm³/mol. The molecule has 0 saturated carbocycles. The number of carbonyl (C=O) groups excluding carboxylic acids is 2. The fourth-order valence-corrected chi connectivity index (χ4v) is 3.32. The highest BCUT2D eigenvalue weighted by atomic mass is 16.2. The van der Waals surface area contributed by atoms with Crippen LogP contribution in [0, 0.1) is 0 Å². The molecule has 5 nitrogen and oxygen atoms in total. The number of benzene rings is 2. The Kier molecular flexibility index (Phi) is 5.14. The highest BCUT2D eigenvalue weighted by molar-refractivity contribution is 5.83. The Balaban J connectivity index is 1.68. The quantitative estimate of drug-likeness (QED) is 0.873. The summed E-state index contributed by atoms with van der Waals surface area (Å²) >= 11 is 0. The second-order valence-electron chi connectivity index (χ2n) is 6.50. The molecule has 0 saturated heterocycles. The molecule has 0 radical (unpaired) electrons. The van der Waals surface area contributed by atoms with E-state index >= 15 is 0 Å². The lowest BCUT2D eigenvalue weighted by molar-refractivity contribution is -0.127. The Morgan fingerprint density at radius 3 is 2.44 bits per heavy atom. The van der Waals surface area contributed by atoms with Crippen LogP contribution in [0.1, 0.15) is 29.7 Å². The number of amides is 2. The Morgan fingerprint density at radius 2 is 1.76 bits per heavy atom. The van der Waals surface area contributed by atoms with Gasteiger partial charge in [0.15, 0.2) is 0 Å². The van der Waals surface area contributed by atoms with Crippen molar-refractivity contribution < 1.29 is 9.59 Å². The second kappa shape index (κ2) is 7.49. The number of rotatable bonds is 5. The summed E-state index contributed by atoms with van der Waals surface area (Å²) in [6, 6.07) is 17.2. The molecule has 5 heteroatoms. The summed E-state index contributed by atoms with van der Waals surface area (Å²) in [7, 11) is 0. The summed E-state index contributed by atoms with van der Waals surface area (Å²) in [5, 5.41) is 2.99. The summed E-state index contributed by atoms with van der Waals surface area (Å²) in [6.07, 6.45) is 0.549. The fourth-order valence-electron chi connectivity index (χ4n) is 3.32. The van der Waals surface area contributed by atoms with E-state index in [0.717, 1.165) is 16.7 Å². The first-order chi connectivity index (χ1) is 12.0. The lowest BCUT2D eigenvalue weighted by atomic mass is 9.93. The van der Waals surface area contributed by atoms with E-state index in [-0.39, 0.29) is 18.5 Å². The molecule has 0 spiro atoms. The van der Waals surface area contributed by atoms with Gasteiger partial charge in [0.1, 0.15) is 0 Å². The van der Waals surface area contributed by atoms with Gasteiger partial charge in [-0.3, -0.25) is 14.5 Å². The van der Waals surface area contributed by atoms with Crippen LogP contribution in [0.25, 0.3) is 0 Å². The number of hydrogen-bond donors (Lipinski definition) is 2. The van der Waals surface area contributed by atoms with Crippen molar-refractivity contribution in [3.8, 4) is 0 Å². The molecule has 1 heterocycles. The van der Waals surface area contributed by atoms with Crippen molar-refractivity contribution in [1.82, 2.24) is 10.2 Å². The zero-order valence-corrected chi connectivity index (χ0v) is 14.3. The predicted octanol–water partition coefficient (Wildman–Crippen LogP) is 1.78. The molecule has 3 N–H and O–H groups in total. The zero-order chi connectivity index (χ0) is 17.8.